The number of aliphatic carboxylic acids is 1. The molecule has 21 heavy (non-hydrogen) atoms. The lowest BCUT2D eigenvalue weighted by molar-refractivity contribution is -0.138. The number of amides is 2. The second-order valence-electron chi connectivity index (χ2n) is 5.55. The van der Waals surface area contributed by atoms with Gasteiger partial charge < -0.3 is 20.1 Å². The van der Waals surface area contributed by atoms with Crippen LogP contribution in [0.2, 0.25) is 0 Å². The highest BCUT2D eigenvalue weighted by Gasteiger charge is 2.31. The molecule has 0 saturated carbocycles. The molecule has 0 radical (unpaired) electrons. The summed E-state index contributed by atoms with van der Waals surface area (Å²) in [5.41, 5.74) is 0.993. The maximum Gasteiger partial charge on any atom is 0.318 e. The topological polar surface area (TPSA) is 78.9 Å². The Bertz CT molecular complexity index is 560. The van der Waals surface area contributed by atoms with E-state index in [1.807, 2.05) is 24.3 Å². The average Bonchev–Trinajstić information content (AvgIpc) is 3.06. The third kappa shape index (κ3) is 2.94. The molecule has 6 nitrogen and oxygen atoms in total. The first kappa shape index (κ1) is 13.7. The fraction of sp³-hybridized carbons (Fsp3) is 0.467. The number of nitrogens with one attached hydrogen (secondary N) is 1. The van der Waals surface area contributed by atoms with Crippen molar-refractivity contribution in [3.63, 3.8) is 0 Å². The van der Waals surface area contributed by atoms with Crippen LogP contribution in [0.4, 0.5) is 4.79 Å². The molecule has 1 aromatic carbocycles. The predicted octanol–water partition coefficient (Wildman–Crippen LogP) is 1.63. The molecule has 112 valence electrons. The second-order valence-corrected chi connectivity index (χ2v) is 5.55. The zero-order valence-electron chi connectivity index (χ0n) is 11.6. The Morgan fingerprint density at radius 2 is 2.19 bits per heavy atom. The van der Waals surface area contributed by atoms with E-state index in [-0.39, 0.29) is 24.4 Å². The van der Waals surface area contributed by atoms with E-state index in [1.165, 1.54) is 0 Å². The number of ether oxygens (including phenoxy) is 1. The fourth-order valence-corrected chi connectivity index (χ4v) is 2.95. The average molecular weight is 290 g/mol. The van der Waals surface area contributed by atoms with Crippen LogP contribution >= 0.6 is 0 Å². The summed E-state index contributed by atoms with van der Waals surface area (Å²) in [5.74, 6) is 0.0636. The van der Waals surface area contributed by atoms with E-state index in [0.717, 1.165) is 17.7 Å². The SMILES string of the molecule is O=C(O)CC1CCN(C(=O)NC2COc3ccccc32)C1. The summed E-state index contributed by atoms with van der Waals surface area (Å²) in [7, 11) is 0. The summed E-state index contributed by atoms with van der Waals surface area (Å²) < 4.78 is 5.54. The molecule has 2 aliphatic rings. The number of carboxylic acid groups (broad SMARTS) is 1. The van der Waals surface area contributed by atoms with Gasteiger partial charge in [-0.3, -0.25) is 4.79 Å². The van der Waals surface area contributed by atoms with E-state index in [1.54, 1.807) is 4.90 Å². The summed E-state index contributed by atoms with van der Waals surface area (Å²) in [6.07, 6.45) is 0.872. The largest absolute Gasteiger partial charge is 0.491 e. The number of nitrogens with zero attached hydrogens (tertiary/aromatic N) is 1. The number of carbonyl (C=O) groups is 2. The van der Waals surface area contributed by atoms with Crippen molar-refractivity contribution >= 4 is 12.0 Å². The number of fused-ring (bicyclic) bond motifs is 1. The van der Waals surface area contributed by atoms with E-state index in [4.69, 9.17) is 9.84 Å². The summed E-state index contributed by atoms with van der Waals surface area (Å²) in [6.45, 7) is 1.56. The lowest BCUT2D eigenvalue weighted by Gasteiger charge is -2.20. The molecule has 2 amide bonds. The van der Waals surface area contributed by atoms with Crippen LogP contribution in [0.5, 0.6) is 5.75 Å². The van der Waals surface area contributed by atoms with Crippen molar-refractivity contribution in [2.45, 2.75) is 18.9 Å². The normalized spacial score (nSPS) is 23.5. The van der Waals surface area contributed by atoms with Gasteiger partial charge in [0.05, 0.1) is 6.04 Å². The lowest BCUT2D eigenvalue weighted by atomic mass is 10.1. The van der Waals surface area contributed by atoms with Gasteiger partial charge in [0, 0.05) is 25.1 Å². The molecular weight excluding hydrogens is 272 g/mol. The first-order valence-electron chi connectivity index (χ1n) is 7.12. The van der Waals surface area contributed by atoms with Gasteiger partial charge in [0.25, 0.3) is 0 Å². The van der Waals surface area contributed by atoms with E-state index in [0.29, 0.717) is 19.7 Å². The zero-order chi connectivity index (χ0) is 14.8. The van der Waals surface area contributed by atoms with Crippen molar-refractivity contribution in [2.75, 3.05) is 19.7 Å². The van der Waals surface area contributed by atoms with Crippen LogP contribution in [-0.2, 0) is 4.79 Å². The highest BCUT2D eigenvalue weighted by molar-refractivity contribution is 5.75. The Hall–Kier alpha value is -2.24. The molecule has 0 aromatic heterocycles. The number of benzene rings is 1. The van der Waals surface area contributed by atoms with Gasteiger partial charge in [-0.25, -0.2) is 4.79 Å². The summed E-state index contributed by atoms with van der Waals surface area (Å²) in [4.78, 5) is 24.7. The van der Waals surface area contributed by atoms with Gasteiger partial charge in [-0.15, -0.1) is 0 Å². The van der Waals surface area contributed by atoms with Gasteiger partial charge in [-0.1, -0.05) is 18.2 Å². The third-order valence-electron chi connectivity index (χ3n) is 4.03. The van der Waals surface area contributed by atoms with Crippen LogP contribution in [0.1, 0.15) is 24.4 Å². The number of rotatable bonds is 3. The van der Waals surface area contributed by atoms with Crippen LogP contribution < -0.4 is 10.1 Å². The van der Waals surface area contributed by atoms with Gasteiger partial charge in [0.15, 0.2) is 0 Å². The number of para-hydroxylation sites is 1. The van der Waals surface area contributed by atoms with Crippen molar-refractivity contribution < 1.29 is 19.4 Å². The highest BCUT2D eigenvalue weighted by Crippen LogP contribution is 2.32. The Morgan fingerprint density at radius 1 is 1.38 bits per heavy atom. The molecule has 2 unspecified atom stereocenters. The molecule has 1 fully saturated rings. The minimum atomic E-state index is -0.805. The predicted molar refractivity (Wildman–Crippen MR) is 75.1 cm³/mol. The smallest absolute Gasteiger partial charge is 0.318 e. The van der Waals surface area contributed by atoms with Crippen molar-refractivity contribution in [1.82, 2.24) is 10.2 Å². The molecule has 0 spiro atoms. The Kier molecular flexibility index (Phi) is 3.68. The monoisotopic (exact) mass is 290 g/mol. The maximum atomic E-state index is 12.3. The molecule has 0 aliphatic carbocycles. The number of hydrogen-bond acceptors (Lipinski definition) is 3. The molecule has 1 aromatic rings. The molecule has 3 rings (SSSR count). The van der Waals surface area contributed by atoms with E-state index in [2.05, 4.69) is 5.32 Å². The van der Waals surface area contributed by atoms with Crippen LogP contribution in [0.25, 0.3) is 0 Å². The van der Waals surface area contributed by atoms with Gasteiger partial charge >= 0.3 is 12.0 Å². The number of likely N-dealkylation sites (tertiary alicyclic amines) is 1. The highest BCUT2D eigenvalue weighted by atomic mass is 16.5. The van der Waals surface area contributed by atoms with E-state index >= 15 is 0 Å². The minimum Gasteiger partial charge on any atom is -0.491 e. The van der Waals surface area contributed by atoms with Crippen LogP contribution in [0, 0.1) is 5.92 Å². The van der Waals surface area contributed by atoms with Crippen LogP contribution in [0.15, 0.2) is 24.3 Å². The summed E-state index contributed by atoms with van der Waals surface area (Å²) in [5, 5.41) is 11.8. The zero-order valence-corrected chi connectivity index (χ0v) is 11.6. The number of carbonyl (C=O) groups excluding carboxylic acids is 1. The molecule has 2 heterocycles. The molecule has 1 saturated heterocycles. The van der Waals surface area contributed by atoms with Crippen molar-refractivity contribution in [2.24, 2.45) is 5.92 Å². The Morgan fingerprint density at radius 3 is 3.00 bits per heavy atom. The summed E-state index contributed by atoms with van der Waals surface area (Å²) >= 11 is 0. The first-order chi connectivity index (χ1) is 10.1. The van der Waals surface area contributed by atoms with Crippen molar-refractivity contribution in [3.05, 3.63) is 29.8 Å². The number of hydrogen-bond donors (Lipinski definition) is 2. The third-order valence-corrected chi connectivity index (χ3v) is 4.03. The van der Waals surface area contributed by atoms with E-state index in [9.17, 15) is 9.59 Å². The molecular formula is C15H18N2O4. The van der Waals surface area contributed by atoms with Crippen LogP contribution in [0.3, 0.4) is 0 Å². The van der Waals surface area contributed by atoms with Crippen LogP contribution in [-0.4, -0.2) is 41.7 Å². The standard InChI is InChI=1S/C15H18N2O4/c18-14(19)7-10-5-6-17(8-10)15(20)16-12-9-21-13-4-2-1-3-11(12)13/h1-4,10,12H,5-9H2,(H,16,20)(H,18,19). The first-order valence-corrected chi connectivity index (χ1v) is 7.12. The molecule has 0 bridgehead atoms. The van der Waals surface area contributed by atoms with Gasteiger partial charge in [-0.05, 0) is 18.4 Å². The minimum absolute atomic E-state index is 0.0559. The Balaban J connectivity index is 1.57. The quantitative estimate of drug-likeness (QED) is 0.886. The number of urea groups is 1. The maximum absolute atomic E-state index is 12.3. The van der Waals surface area contributed by atoms with Gasteiger partial charge in [0.2, 0.25) is 0 Å². The lowest BCUT2D eigenvalue weighted by Crippen LogP contribution is -2.41. The molecule has 2 aliphatic heterocycles. The van der Waals surface area contributed by atoms with Crippen molar-refractivity contribution in [3.8, 4) is 5.75 Å². The Labute approximate surface area is 122 Å². The van der Waals surface area contributed by atoms with Gasteiger partial charge in [0.1, 0.15) is 12.4 Å². The van der Waals surface area contributed by atoms with Crippen molar-refractivity contribution in [1.29, 1.82) is 0 Å². The number of carboxylic acids is 1. The van der Waals surface area contributed by atoms with Gasteiger partial charge in [-0.2, -0.15) is 0 Å². The molecule has 6 heteroatoms. The summed E-state index contributed by atoms with van der Waals surface area (Å²) in [6, 6.07) is 7.39. The molecule has 2 N–H and O–H groups in total. The second kappa shape index (κ2) is 5.63. The van der Waals surface area contributed by atoms with E-state index < -0.39 is 5.97 Å². The fourth-order valence-electron chi connectivity index (χ4n) is 2.95. The molecule has 2 atom stereocenters.